The molecule has 0 aromatic heterocycles. The molecule has 0 fully saturated rings. The van der Waals surface area contributed by atoms with Crippen molar-refractivity contribution in [2.24, 2.45) is 4.99 Å². The molecule has 0 heterocycles. The van der Waals surface area contributed by atoms with Gasteiger partial charge in [0.2, 0.25) is 0 Å². The number of aliphatic imine (C=N–C) groups is 1. The van der Waals surface area contributed by atoms with Crippen molar-refractivity contribution >= 4 is 41.7 Å². The number of benzene rings is 1. The molecular weight excluding hydrogens is 357 g/mol. The fourth-order valence-electron chi connectivity index (χ4n) is 1.58. The second kappa shape index (κ2) is 10.5. The van der Waals surface area contributed by atoms with Gasteiger partial charge >= 0.3 is 0 Å². The number of nitrogens with zero attached hydrogens (tertiary/aromatic N) is 2. The third-order valence-corrected chi connectivity index (χ3v) is 3.04. The van der Waals surface area contributed by atoms with E-state index in [4.69, 9.17) is 0 Å². The first-order valence-electron chi connectivity index (χ1n) is 5.72. The summed E-state index contributed by atoms with van der Waals surface area (Å²) in [6.45, 7) is 1.83. The lowest BCUT2D eigenvalue weighted by Gasteiger charge is -2.22. The van der Waals surface area contributed by atoms with E-state index in [0.717, 1.165) is 24.8 Å². The molecule has 0 aliphatic rings. The summed E-state index contributed by atoms with van der Waals surface area (Å²) in [4.78, 5) is 6.41. The maximum absolute atomic E-state index is 4.28. The summed E-state index contributed by atoms with van der Waals surface area (Å²) in [5.41, 5.74) is 1.29. The molecule has 0 bridgehead atoms. The van der Waals surface area contributed by atoms with E-state index in [1.54, 1.807) is 0 Å². The van der Waals surface area contributed by atoms with Crippen LogP contribution in [-0.4, -0.2) is 43.5 Å². The van der Waals surface area contributed by atoms with Crippen LogP contribution in [-0.2, 0) is 6.54 Å². The summed E-state index contributed by atoms with van der Waals surface area (Å²) >= 11 is 1.83. The molecule has 0 saturated carbocycles. The Morgan fingerprint density at radius 1 is 1.33 bits per heavy atom. The van der Waals surface area contributed by atoms with E-state index in [0.29, 0.717) is 0 Å². The van der Waals surface area contributed by atoms with Gasteiger partial charge in [0, 0.05) is 32.9 Å². The van der Waals surface area contributed by atoms with Gasteiger partial charge in [-0.25, -0.2) is 0 Å². The van der Waals surface area contributed by atoms with Gasteiger partial charge in [-0.05, 0) is 11.8 Å². The third-order valence-electron chi connectivity index (χ3n) is 2.43. The zero-order chi connectivity index (χ0) is 12.5. The van der Waals surface area contributed by atoms with Crippen LogP contribution in [0.4, 0.5) is 0 Å². The van der Waals surface area contributed by atoms with Gasteiger partial charge in [0.15, 0.2) is 5.96 Å². The number of nitrogens with one attached hydrogen (secondary N) is 1. The Kier molecular flexibility index (Phi) is 10.2. The highest BCUT2D eigenvalue weighted by molar-refractivity contribution is 14.0. The van der Waals surface area contributed by atoms with Crippen molar-refractivity contribution in [1.82, 2.24) is 10.2 Å². The normalized spacial score (nSPS) is 10.7. The highest BCUT2D eigenvalue weighted by Gasteiger charge is 2.05. The molecule has 3 nitrogen and oxygen atoms in total. The molecule has 0 amide bonds. The largest absolute Gasteiger partial charge is 0.355 e. The average molecular weight is 379 g/mol. The van der Waals surface area contributed by atoms with Gasteiger partial charge in [-0.15, -0.1) is 24.0 Å². The predicted molar refractivity (Wildman–Crippen MR) is 93.1 cm³/mol. The molecule has 0 saturated heterocycles. The lowest BCUT2D eigenvalue weighted by molar-refractivity contribution is 0.479. The Hall–Kier alpha value is -0.430. The van der Waals surface area contributed by atoms with Crippen LogP contribution in [0, 0.1) is 0 Å². The number of guanidine groups is 1. The minimum absolute atomic E-state index is 0. The van der Waals surface area contributed by atoms with Crippen molar-refractivity contribution in [2.75, 3.05) is 32.6 Å². The van der Waals surface area contributed by atoms with E-state index in [1.165, 1.54) is 5.56 Å². The molecule has 1 rings (SSSR count). The Balaban J connectivity index is 0.00000289. The Labute approximate surface area is 131 Å². The number of hydrogen-bond acceptors (Lipinski definition) is 2. The monoisotopic (exact) mass is 379 g/mol. The molecule has 0 atom stereocenters. The molecule has 0 spiro atoms. The topological polar surface area (TPSA) is 27.6 Å². The van der Waals surface area contributed by atoms with E-state index in [-0.39, 0.29) is 24.0 Å². The molecule has 0 radical (unpaired) electrons. The van der Waals surface area contributed by atoms with E-state index < -0.39 is 0 Å². The third kappa shape index (κ3) is 6.49. The molecule has 102 valence electrons. The molecule has 5 heteroatoms. The molecule has 0 unspecified atom stereocenters. The van der Waals surface area contributed by atoms with Crippen molar-refractivity contribution in [3.8, 4) is 0 Å². The van der Waals surface area contributed by atoms with E-state index in [9.17, 15) is 0 Å². The van der Waals surface area contributed by atoms with Gasteiger partial charge < -0.3 is 10.2 Å². The standard InChI is InChI=1S/C13H21N3S.HI/c1-14-13(15-9-10-17-3)16(2)11-12-7-5-4-6-8-12;/h4-8H,9-11H2,1-3H3,(H,14,15);1H. The number of rotatable bonds is 5. The predicted octanol–water partition coefficient (Wildman–Crippen LogP) is 2.67. The lowest BCUT2D eigenvalue weighted by atomic mass is 10.2. The fourth-order valence-corrected chi connectivity index (χ4v) is 1.89. The van der Waals surface area contributed by atoms with Crippen LogP contribution < -0.4 is 5.32 Å². The first kappa shape index (κ1) is 17.6. The van der Waals surface area contributed by atoms with Crippen molar-refractivity contribution in [3.63, 3.8) is 0 Å². The average Bonchev–Trinajstić information content (AvgIpc) is 2.36. The minimum atomic E-state index is 0. The zero-order valence-electron chi connectivity index (χ0n) is 11.2. The quantitative estimate of drug-likeness (QED) is 0.369. The van der Waals surface area contributed by atoms with Gasteiger partial charge in [-0.2, -0.15) is 11.8 Å². The molecule has 0 aliphatic carbocycles. The van der Waals surface area contributed by atoms with Crippen LogP contribution in [0.5, 0.6) is 0 Å². The second-order valence-electron chi connectivity index (χ2n) is 3.81. The van der Waals surface area contributed by atoms with Gasteiger partial charge in [-0.1, -0.05) is 30.3 Å². The smallest absolute Gasteiger partial charge is 0.193 e. The van der Waals surface area contributed by atoms with Gasteiger partial charge in [0.05, 0.1) is 0 Å². The summed E-state index contributed by atoms with van der Waals surface area (Å²) < 4.78 is 0. The zero-order valence-corrected chi connectivity index (χ0v) is 14.4. The van der Waals surface area contributed by atoms with Crippen molar-refractivity contribution in [1.29, 1.82) is 0 Å². The van der Waals surface area contributed by atoms with E-state index in [2.05, 4.69) is 52.8 Å². The SMILES string of the molecule is CN=C(NCCSC)N(C)Cc1ccccc1.I. The summed E-state index contributed by atoms with van der Waals surface area (Å²) in [6, 6.07) is 10.4. The Morgan fingerprint density at radius 2 is 2.00 bits per heavy atom. The summed E-state index contributed by atoms with van der Waals surface area (Å²) in [6.07, 6.45) is 2.11. The summed E-state index contributed by atoms with van der Waals surface area (Å²) in [7, 11) is 3.88. The van der Waals surface area contributed by atoms with Gasteiger partial charge in [0.1, 0.15) is 0 Å². The maximum atomic E-state index is 4.28. The van der Waals surface area contributed by atoms with Crippen LogP contribution in [0.1, 0.15) is 5.56 Å². The van der Waals surface area contributed by atoms with Gasteiger partial charge in [-0.3, -0.25) is 4.99 Å². The first-order valence-corrected chi connectivity index (χ1v) is 7.12. The van der Waals surface area contributed by atoms with Crippen LogP contribution >= 0.6 is 35.7 Å². The number of hydrogen-bond donors (Lipinski definition) is 1. The van der Waals surface area contributed by atoms with Gasteiger partial charge in [0.25, 0.3) is 0 Å². The molecule has 18 heavy (non-hydrogen) atoms. The number of halogens is 1. The highest BCUT2D eigenvalue weighted by Crippen LogP contribution is 2.02. The van der Waals surface area contributed by atoms with E-state index in [1.807, 2.05) is 24.9 Å². The van der Waals surface area contributed by atoms with Crippen molar-refractivity contribution in [3.05, 3.63) is 35.9 Å². The molecular formula is C13H22IN3S. The van der Waals surface area contributed by atoms with Crippen LogP contribution in [0.25, 0.3) is 0 Å². The highest BCUT2D eigenvalue weighted by atomic mass is 127. The summed E-state index contributed by atoms with van der Waals surface area (Å²) in [5.74, 6) is 2.04. The summed E-state index contributed by atoms with van der Waals surface area (Å²) in [5, 5.41) is 3.35. The minimum Gasteiger partial charge on any atom is -0.355 e. The molecule has 0 aliphatic heterocycles. The molecule has 1 N–H and O–H groups in total. The Morgan fingerprint density at radius 3 is 2.56 bits per heavy atom. The Bertz CT molecular complexity index is 343. The van der Waals surface area contributed by atoms with E-state index >= 15 is 0 Å². The van der Waals surface area contributed by atoms with Crippen LogP contribution in [0.15, 0.2) is 35.3 Å². The fraction of sp³-hybridized carbons (Fsp3) is 0.462. The van der Waals surface area contributed by atoms with Crippen molar-refractivity contribution < 1.29 is 0 Å². The van der Waals surface area contributed by atoms with Crippen molar-refractivity contribution in [2.45, 2.75) is 6.54 Å². The number of thioether (sulfide) groups is 1. The first-order chi connectivity index (χ1) is 8.27. The molecule has 1 aromatic carbocycles. The van der Waals surface area contributed by atoms with Crippen LogP contribution in [0.3, 0.4) is 0 Å². The lowest BCUT2D eigenvalue weighted by Crippen LogP contribution is -2.39. The van der Waals surface area contributed by atoms with Crippen LogP contribution in [0.2, 0.25) is 0 Å². The molecule has 1 aromatic rings. The maximum Gasteiger partial charge on any atom is 0.193 e. The second-order valence-corrected chi connectivity index (χ2v) is 4.79.